The van der Waals surface area contributed by atoms with Crippen LogP contribution in [-0.4, -0.2) is 9.97 Å². The first-order valence-electron chi connectivity index (χ1n) is 4.98. The number of nitrogens with zero attached hydrogens (tertiary/aromatic N) is 3. The molecule has 3 nitrogen and oxygen atoms in total. The number of nitriles is 1. The van der Waals surface area contributed by atoms with Gasteiger partial charge in [0.15, 0.2) is 0 Å². The zero-order chi connectivity index (χ0) is 10.1. The average molecular weight is 187 g/mol. The van der Waals surface area contributed by atoms with Crippen LogP contribution in [0.1, 0.15) is 42.0 Å². The summed E-state index contributed by atoms with van der Waals surface area (Å²) in [4.78, 5) is 8.79. The van der Waals surface area contributed by atoms with Crippen LogP contribution in [0.4, 0.5) is 0 Å². The Kier molecular flexibility index (Phi) is 2.20. The highest BCUT2D eigenvalue weighted by atomic mass is 14.9. The van der Waals surface area contributed by atoms with E-state index in [1.165, 1.54) is 5.56 Å². The summed E-state index contributed by atoms with van der Waals surface area (Å²) >= 11 is 0. The molecule has 72 valence electrons. The predicted octanol–water partition coefficient (Wildman–Crippen LogP) is 1.90. The Balaban J connectivity index is 2.55. The Labute approximate surface area is 83.8 Å². The summed E-state index contributed by atoms with van der Waals surface area (Å²) < 4.78 is 0. The molecular formula is C11H13N3. The second kappa shape index (κ2) is 3.38. The van der Waals surface area contributed by atoms with Crippen LogP contribution < -0.4 is 0 Å². The van der Waals surface area contributed by atoms with Crippen molar-refractivity contribution in [2.24, 2.45) is 0 Å². The third-order valence-electron chi connectivity index (χ3n) is 2.68. The number of rotatable bonds is 1. The van der Waals surface area contributed by atoms with Crippen molar-refractivity contribution in [2.75, 3.05) is 0 Å². The maximum Gasteiger partial charge on any atom is 0.125 e. The summed E-state index contributed by atoms with van der Waals surface area (Å²) in [5.41, 5.74) is 3.34. The minimum atomic E-state index is -0.108. The molecular weight excluding hydrogens is 174 g/mol. The van der Waals surface area contributed by atoms with Gasteiger partial charge < -0.3 is 0 Å². The van der Waals surface area contributed by atoms with Crippen molar-refractivity contribution < 1.29 is 0 Å². The van der Waals surface area contributed by atoms with E-state index in [9.17, 15) is 0 Å². The molecule has 0 spiro atoms. The lowest BCUT2D eigenvalue weighted by Gasteiger charge is -2.09. The van der Waals surface area contributed by atoms with Crippen molar-refractivity contribution in [3.05, 3.63) is 22.8 Å². The quantitative estimate of drug-likeness (QED) is 0.674. The fourth-order valence-corrected chi connectivity index (χ4v) is 2.01. The third-order valence-corrected chi connectivity index (χ3v) is 2.68. The molecule has 1 aliphatic carbocycles. The van der Waals surface area contributed by atoms with Crippen LogP contribution in [0.2, 0.25) is 0 Å². The minimum Gasteiger partial charge on any atom is -0.238 e. The van der Waals surface area contributed by atoms with Crippen LogP contribution in [-0.2, 0) is 12.8 Å². The predicted molar refractivity (Wildman–Crippen MR) is 52.8 cm³/mol. The molecule has 1 unspecified atom stereocenters. The molecule has 0 amide bonds. The van der Waals surface area contributed by atoms with Gasteiger partial charge in [0, 0.05) is 5.69 Å². The Morgan fingerprint density at radius 2 is 2.14 bits per heavy atom. The molecule has 14 heavy (non-hydrogen) atoms. The molecule has 0 aromatic carbocycles. The Bertz CT molecular complexity index is 404. The molecule has 2 rings (SSSR count). The second-order valence-corrected chi connectivity index (χ2v) is 3.79. The van der Waals surface area contributed by atoms with E-state index in [1.807, 2.05) is 13.8 Å². The molecule has 0 radical (unpaired) electrons. The molecule has 1 atom stereocenters. The van der Waals surface area contributed by atoms with Gasteiger partial charge in [0.25, 0.3) is 0 Å². The van der Waals surface area contributed by atoms with E-state index in [0.29, 0.717) is 0 Å². The molecule has 0 N–H and O–H groups in total. The largest absolute Gasteiger partial charge is 0.238 e. The highest BCUT2D eigenvalue weighted by Gasteiger charge is 2.21. The number of fused-ring (bicyclic) bond motifs is 1. The topological polar surface area (TPSA) is 49.6 Å². The first kappa shape index (κ1) is 9.14. The summed E-state index contributed by atoms with van der Waals surface area (Å²) in [6.45, 7) is 3.80. The van der Waals surface area contributed by atoms with E-state index in [2.05, 4.69) is 16.0 Å². The van der Waals surface area contributed by atoms with Gasteiger partial charge in [0.2, 0.25) is 0 Å². The highest BCUT2D eigenvalue weighted by Crippen LogP contribution is 2.27. The van der Waals surface area contributed by atoms with Crippen molar-refractivity contribution >= 4 is 0 Å². The van der Waals surface area contributed by atoms with Crippen LogP contribution in [0.3, 0.4) is 0 Å². The van der Waals surface area contributed by atoms with Gasteiger partial charge in [-0.1, -0.05) is 0 Å². The van der Waals surface area contributed by atoms with Gasteiger partial charge in [-0.3, -0.25) is 0 Å². The lowest BCUT2D eigenvalue weighted by Crippen LogP contribution is -2.05. The Morgan fingerprint density at radius 1 is 1.36 bits per heavy atom. The molecule has 1 aromatic heterocycles. The van der Waals surface area contributed by atoms with Crippen molar-refractivity contribution in [3.8, 4) is 6.07 Å². The maximum atomic E-state index is 8.90. The van der Waals surface area contributed by atoms with E-state index in [0.717, 1.165) is 36.5 Å². The van der Waals surface area contributed by atoms with Gasteiger partial charge in [-0.15, -0.1) is 0 Å². The zero-order valence-electron chi connectivity index (χ0n) is 8.54. The smallest absolute Gasteiger partial charge is 0.125 e. The normalized spacial score (nSPS) is 16.1. The summed E-state index contributed by atoms with van der Waals surface area (Å²) in [5.74, 6) is 0.686. The first-order valence-corrected chi connectivity index (χ1v) is 4.98. The molecule has 1 heterocycles. The van der Waals surface area contributed by atoms with Crippen molar-refractivity contribution in [2.45, 2.75) is 39.0 Å². The number of hydrogen-bond donors (Lipinski definition) is 0. The van der Waals surface area contributed by atoms with E-state index < -0.39 is 0 Å². The molecule has 0 saturated heterocycles. The summed E-state index contributed by atoms with van der Waals surface area (Å²) in [6.07, 6.45) is 3.24. The van der Waals surface area contributed by atoms with Crippen LogP contribution >= 0.6 is 0 Å². The monoisotopic (exact) mass is 187 g/mol. The SMILES string of the molecule is Cc1nc2c(c(C(C)C#N)n1)CCC2. The van der Waals surface area contributed by atoms with Crippen molar-refractivity contribution in [3.63, 3.8) is 0 Å². The van der Waals surface area contributed by atoms with Crippen molar-refractivity contribution in [1.29, 1.82) is 5.26 Å². The Hall–Kier alpha value is -1.43. The molecule has 1 aliphatic rings. The van der Waals surface area contributed by atoms with E-state index in [1.54, 1.807) is 0 Å². The Morgan fingerprint density at radius 3 is 2.86 bits per heavy atom. The van der Waals surface area contributed by atoms with Crippen LogP contribution in [0.25, 0.3) is 0 Å². The zero-order valence-corrected chi connectivity index (χ0v) is 8.54. The molecule has 0 fully saturated rings. The van der Waals surface area contributed by atoms with Crippen LogP contribution in [0.15, 0.2) is 0 Å². The number of aromatic nitrogens is 2. The lowest BCUT2D eigenvalue weighted by atomic mass is 10.0. The minimum absolute atomic E-state index is 0.108. The maximum absolute atomic E-state index is 8.90. The van der Waals surface area contributed by atoms with Crippen LogP contribution in [0, 0.1) is 18.3 Å². The average Bonchev–Trinajstić information content (AvgIpc) is 2.62. The molecule has 0 saturated carbocycles. The van der Waals surface area contributed by atoms with Gasteiger partial charge in [0.05, 0.1) is 17.7 Å². The standard InChI is InChI=1S/C11H13N3/c1-7(6-12)11-9-4-3-5-10(9)13-8(2)14-11/h7H,3-5H2,1-2H3. The molecule has 3 heteroatoms. The van der Waals surface area contributed by atoms with Gasteiger partial charge in [-0.2, -0.15) is 5.26 Å². The molecule has 0 bridgehead atoms. The fourth-order valence-electron chi connectivity index (χ4n) is 2.01. The van der Waals surface area contributed by atoms with Gasteiger partial charge >= 0.3 is 0 Å². The van der Waals surface area contributed by atoms with E-state index in [-0.39, 0.29) is 5.92 Å². The van der Waals surface area contributed by atoms with Crippen molar-refractivity contribution in [1.82, 2.24) is 9.97 Å². The van der Waals surface area contributed by atoms with E-state index in [4.69, 9.17) is 5.26 Å². The fraction of sp³-hybridized carbons (Fsp3) is 0.545. The lowest BCUT2D eigenvalue weighted by molar-refractivity contribution is 0.845. The highest BCUT2D eigenvalue weighted by molar-refractivity contribution is 5.34. The summed E-state index contributed by atoms with van der Waals surface area (Å²) in [7, 11) is 0. The number of hydrogen-bond acceptors (Lipinski definition) is 3. The van der Waals surface area contributed by atoms with Gasteiger partial charge in [0.1, 0.15) is 5.82 Å². The van der Waals surface area contributed by atoms with Gasteiger partial charge in [-0.25, -0.2) is 9.97 Å². The third kappa shape index (κ3) is 1.37. The second-order valence-electron chi connectivity index (χ2n) is 3.79. The first-order chi connectivity index (χ1) is 6.72. The molecule has 0 aliphatic heterocycles. The van der Waals surface area contributed by atoms with Gasteiger partial charge in [-0.05, 0) is 38.7 Å². The summed E-state index contributed by atoms with van der Waals surface area (Å²) in [5, 5.41) is 8.90. The number of aryl methyl sites for hydroxylation is 2. The van der Waals surface area contributed by atoms with Crippen LogP contribution in [0.5, 0.6) is 0 Å². The summed E-state index contributed by atoms with van der Waals surface area (Å²) in [6, 6.07) is 2.25. The van der Waals surface area contributed by atoms with E-state index >= 15 is 0 Å². The molecule has 1 aromatic rings.